The number of thiophene rings is 1. The van der Waals surface area contributed by atoms with E-state index in [0.717, 1.165) is 46.3 Å². The lowest BCUT2D eigenvalue weighted by Gasteiger charge is -2.11. The second-order valence-corrected chi connectivity index (χ2v) is 9.34. The van der Waals surface area contributed by atoms with Crippen molar-refractivity contribution in [3.8, 4) is 11.4 Å². The summed E-state index contributed by atoms with van der Waals surface area (Å²) in [7, 11) is 0. The highest BCUT2D eigenvalue weighted by atomic mass is 32.2. The van der Waals surface area contributed by atoms with Crippen LogP contribution in [-0.4, -0.2) is 26.4 Å². The quantitative estimate of drug-likeness (QED) is 0.455. The van der Waals surface area contributed by atoms with Crippen molar-refractivity contribution >= 4 is 34.7 Å². The van der Waals surface area contributed by atoms with E-state index in [-0.39, 0.29) is 5.91 Å². The lowest BCUT2D eigenvalue weighted by molar-refractivity contribution is -0.113. The number of benzene rings is 1. The van der Waals surface area contributed by atoms with Gasteiger partial charge < -0.3 is 9.88 Å². The van der Waals surface area contributed by atoms with Gasteiger partial charge in [0.1, 0.15) is 0 Å². The first-order valence-electron chi connectivity index (χ1n) is 9.91. The molecular weight excluding hydrogens is 400 g/mol. The van der Waals surface area contributed by atoms with Crippen LogP contribution in [-0.2, 0) is 11.3 Å². The van der Waals surface area contributed by atoms with E-state index in [1.54, 1.807) is 11.3 Å². The van der Waals surface area contributed by atoms with Gasteiger partial charge in [-0.1, -0.05) is 50.7 Å². The van der Waals surface area contributed by atoms with Crippen LogP contribution < -0.4 is 5.32 Å². The topological polar surface area (TPSA) is 59.8 Å². The second kappa shape index (κ2) is 9.59. The normalized spacial score (nSPS) is 11.2. The standard InChI is InChI=1S/C22H28N4OS2/c1-6-10-26-21(17-11-18(14(2)3)28-12-17)24-25-22(26)29-13-19(27)23-20-15(4)8-7-9-16(20)5/h7-9,11-12,14H,6,10,13H2,1-5H3,(H,23,27). The highest BCUT2D eigenvalue weighted by Crippen LogP contribution is 2.31. The first kappa shape index (κ1) is 21.6. The summed E-state index contributed by atoms with van der Waals surface area (Å²) in [6.07, 6.45) is 0.981. The Labute approximate surface area is 180 Å². The van der Waals surface area contributed by atoms with E-state index in [0.29, 0.717) is 11.7 Å². The third-order valence-corrected chi connectivity index (χ3v) is 6.89. The van der Waals surface area contributed by atoms with E-state index < -0.39 is 0 Å². The molecule has 154 valence electrons. The molecule has 0 atom stereocenters. The van der Waals surface area contributed by atoms with Crippen molar-refractivity contribution in [3.05, 3.63) is 45.6 Å². The van der Waals surface area contributed by atoms with Gasteiger partial charge in [0, 0.05) is 28.1 Å². The Morgan fingerprint density at radius 1 is 1.24 bits per heavy atom. The summed E-state index contributed by atoms with van der Waals surface area (Å²) >= 11 is 3.19. The molecule has 0 spiro atoms. The van der Waals surface area contributed by atoms with Crippen molar-refractivity contribution in [2.45, 2.75) is 58.7 Å². The van der Waals surface area contributed by atoms with Crippen LogP contribution in [0.15, 0.2) is 34.8 Å². The second-order valence-electron chi connectivity index (χ2n) is 7.45. The molecule has 7 heteroatoms. The summed E-state index contributed by atoms with van der Waals surface area (Å²) in [6.45, 7) is 11.4. The molecule has 29 heavy (non-hydrogen) atoms. The Morgan fingerprint density at radius 2 is 1.97 bits per heavy atom. The molecule has 0 unspecified atom stereocenters. The fourth-order valence-corrected chi connectivity index (χ4v) is 4.79. The van der Waals surface area contributed by atoms with E-state index >= 15 is 0 Å². The summed E-state index contributed by atoms with van der Waals surface area (Å²) in [5.74, 6) is 1.65. The number of hydrogen-bond donors (Lipinski definition) is 1. The number of para-hydroxylation sites is 1. The van der Waals surface area contributed by atoms with Gasteiger partial charge in [0.25, 0.3) is 0 Å². The van der Waals surface area contributed by atoms with Gasteiger partial charge in [-0.15, -0.1) is 21.5 Å². The summed E-state index contributed by atoms with van der Waals surface area (Å²) in [6, 6.07) is 8.21. The van der Waals surface area contributed by atoms with Crippen molar-refractivity contribution in [3.63, 3.8) is 0 Å². The predicted molar refractivity (Wildman–Crippen MR) is 123 cm³/mol. The maximum atomic E-state index is 12.5. The average Bonchev–Trinajstić information content (AvgIpc) is 3.31. The fourth-order valence-electron chi connectivity index (χ4n) is 3.12. The number of thioether (sulfide) groups is 1. The molecule has 2 aromatic heterocycles. The van der Waals surface area contributed by atoms with Crippen LogP contribution in [0.5, 0.6) is 0 Å². The smallest absolute Gasteiger partial charge is 0.234 e. The van der Waals surface area contributed by atoms with Crippen molar-refractivity contribution < 1.29 is 4.79 Å². The minimum Gasteiger partial charge on any atom is -0.325 e. The average molecular weight is 429 g/mol. The van der Waals surface area contributed by atoms with Crippen molar-refractivity contribution in [1.82, 2.24) is 14.8 Å². The number of aryl methyl sites for hydroxylation is 2. The van der Waals surface area contributed by atoms with Gasteiger partial charge in [0.05, 0.1) is 5.75 Å². The van der Waals surface area contributed by atoms with Gasteiger partial charge >= 0.3 is 0 Å². The van der Waals surface area contributed by atoms with E-state index in [1.165, 1.54) is 16.6 Å². The lowest BCUT2D eigenvalue weighted by Crippen LogP contribution is -2.16. The van der Waals surface area contributed by atoms with E-state index in [4.69, 9.17) is 0 Å². The summed E-state index contributed by atoms with van der Waals surface area (Å²) in [5, 5.41) is 14.8. The molecule has 0 radical (unpaired) electrons. The van der Waals surface area contributed by atoms with Crippen LogP contribution in [0.25, 0.3) is 11.4 Å². The van der Waals surface area contributed by atoms with Crippen LogP contribution in [0.4, 0.5) is 5.69 Å². The van der Waals surface area contributed by atoms with E-state index in [2.05, 4.69) is 52.3 Å². The monoisotopic (exact) mass is 428 g/mol. The number of amides is 1. The SMILES string of the molecule is CCCn1c(SCC(=O)Nc2c(C)cccc2C)nnc1-c1csc(C(C)C)c1. The highest BCUT2D eigenvalue weighted by molar-refractivity contribution is 7.99. The number of rotatable bonds is 8. The maximum Gasteiger partial charge on any atom is 0.234 e. The molecule has 0 saturated heterocycles. The minimum atomic E-state index is -0.0300. The van der Waals surface area contributed by atoms with Gasteiger partial charge in [-0.25, -0.2) is 0 Å². The molecule has 0 bridgehead atoms. The van der Waals surface area contributed by atoms with Crippen LogP contribution in [0.3, 0.4) is 0 Å². The highest BCUT2D eigenvalue weighted by Gasteiger charge is 2.17. The molecule has 0 saturated carbocycles. The minimum absolute atomic E-state index is 0.0300. The molecule has 5 nitrogen and oxygen atoms in total. The van der Waals surface area contributed by atoms with Crippen LogP contribution >= 0.6 is 23.1 Å². The van der Waals surface area contributed by atoms with Gasteiger partial charge in [-0.2, -0.15) is 0 Å². The molecule has 0 fully saturated rings. The van der Waals surface area contributed by atoms with Crippen LogP contribution in [0.2, 0.25) is 0 Å². The van der Waals surface area contributed by atoms with Gasteiger partial charge in [-0.3, -0.25) is 4.79 Å². The van der Waals surface area contributed by atoms with Crippen molar-refractivity contribution in [1.29, 1.82) is 0 Å². The van der Waals surface area contributed by atoms with Crippen molar-refractivity contribution in [2.24, 2.45) is 0 Å². The molecule has 0 aliphatic carbocycles. The summed E-state index contributed by atoms with van der Waals surface area (Å²) < 4.78 is 2.13. The molecule has 0 aliphatic rings. The first-order valence-corrected chi connectivity index (χ1v) is 11.8. The Hall–Kier alpha value is -2.12. The summed E-state index contributed by atoms with van der Waals surface area (Å²) in [5.41, 5.74) is 4.14. The largest absolute Gasteiger partial charge is 0.325 e. The molecule has 1 amide bonds. The number of nitrogens with one attached hydrogen (secondary N) is 1. The Balaban J connectivity index is 1.73. The number of carbonyl (C=O) groups is 1. The molecule has 0 aliphatic heterocycles. The number of anilines is 1. The molecule has 3 rings (SSSR count). The third-order valence-electron chi connectivity index (χ3n) is 4.69. The summed E-state index contributed by atoms with van der Waals surface area (Å²) in [4.78, 5) is 13.9. The first-order chi connectivity index (χ1) is 13.9. The number of aromatic nitrogens is 3. The van der Waals surface area contributed by atoms with Gasteiger partial charge in [0.2, 0.25) is 5.91 Å². The zero-order valence-electron chi connectivity index (χ0n) is 17.7. The zero-order chi connectivity index (χ0) is 21.0. The lowest BCUT2D eigenvalue weighted by atomic mass is 10.1. The molecule has 1 N–H and O–H groups in total. The van der Waals surface area contributed by atoms with Gasteiger partial charge in [-0.05, 0) is 43.4 Å². The number of carbonyl (C=O) groups excluding carboxylic acids is 1. The Kier molecular flexibility index (Phi) is 7.14. The Bertz CT molecular complexity index is 970. The van der Waals surface area contributed by atoms with E-state index in [9.17, 15) is 4.79 Å². The molecule has 2 heterocycles. The number of nitrogens with zero attached hydrogens (tertiary/aromatic N) is 3. The fraction of sp³-hybridized carbons (Fsp3) is 0.409. The van der Waals surface area contributed by atoms with Crippen molar-refractivity contribution in [2.75, 3.05) is 11.1 Å². The molecule has 1 aromatic carbocycles. The van der Waals surface area contributed by atoms with E-state index in [1.807, 2.05) is 32.0 Å². The van der Waals surface area contributed by atoms with Crippen LogP contribution in [0, 0.1) is 13.8 Å². The predicted octanol–water partition coefficient (Wildman–Crippen LogP) is 5.89. The number of hydrogen-bond acceptors (Lipinski definition) is 5. The zero-order valence-corrected chi connectivity index (χ0v) is 19.3. The molecule has 3 aromatic rings. The van der Waals surface area contributed by atoms with Crippen LogP contribution in [0.1, 0.15) is 49.1 Å². The Morgan fingerprint density at radius 3 is 2.59 bits per heavy atom. The van der Waals surface area contributed by atoms with Gasteiger partial charge in [0.15, 0.2) is 11.0 Å². The maximum absolute atomic E-state index is 12.5. The third kappa shape index (κ3) is 5.08. The molecular formula is C22H28N4OS2.